The molecule has 7 nitrogen and oxygen atoms in total. The van der Waals surface area contributed by atoms with E-state index in [0.29, 0.717) is 22.8 Å². The Labute approximate surface area is 229 Å². The summed E-state index contributed by atoms with van der Waals surface area (Å²) in [5, 5.41) is 3.18. The number of anilines is 2. The number of nitrogens with zero attached hydrogens (tertiary/aromatic N) is 5. The Kier molecular flexibility index (Phi) is 8.37. The maximum absolute atomic E-state index is 12.6. The van der Waals surface area contributed by atoms with E-state index in [1.165, 1.54) is 6.33 Å². The van der Waals surface area contributed by atoms with Gasteiger partial charge in [0.1, 0.15) is 0 Å². The van der Waals surface area contributed by atoms with Crippen molar-refractivity contribution in [1.82, 2.24) is 24.5 Å². The Balaban J connectivity index is 0.000000194. The number of hydrogen-bond acceptors (Lipinski definition) is 6. The number of aromatic nitrogens is 5. The third-order valence-electron chi connectivity index (χ3n) is 5.90. The molecular formula is C30H27F3N6O. The molecule has 0 spiro atoms. The molecule has 0 aliphatic rings. The molecule has 0 saturated carbocycles. The number of Topliss-reactive ketones (excluding diaryl/α,β-unsaturated/α-hetero) is 1. The number of benzene rings is 2. The Morgan fingerprint density at radius 3 is 2.40 bits per heavy atom. The summed E-state index contributed by atoms with van der Waals surface area (Å²) in [4.78, 5) is 28.4. The van der Waals surface area contributed by atoms with Crippen LogP contribution in [0.25, 0.3) is 16.9 Å². The van der Waals surface area contributed by atoms with Crippen molar-refractivity contribution in [2.75, 3.05) is 5.32 Å². The summed E-state index contributed by atoms with van der Waals surface area (Å²) in [6, 6.07) is 15.1. The summed E-state index contributed by atoms with van der Waals surface area (Å²) in [7, 11) is 0. The van der Waals surface area contributed by atoms with Crippen LogP contribution in [-0.2, 0) is 6.18 Å². The van der Waals surface area contributed by atoms with E-state index < -0.39 is 11.7 Å². The van der Waals surface area contributed by atoms with Crippen molar-refractivity contribution in [3.05, 3.63) is 114 Å². The van der Waals surface area contributed by atoms with Crippen LogP contribution in [-0.4, -0.2) is 30.3 Å². The molecule has 3 aromatic heterocycles. The zero-order chi connectivity index (χ0) is 28.9. The van der Waals surface area contributed by atoms with Gasteiger partial charge in [-0.2, -0.15) is 13.2 Å². The van der Waals surface area contributed by atoms with Crippen LogP contribution in [0.2, 0.25) is 0 Å². The number of carbonyl (C=O) groups excluding carboxylic acids is 1. The summed E-state index contributed by atoms with van der Waals surface area (Å²) in [5.74, 6) is 0.508. The number of pyridine rings is 1. The van der Waals surface area contributed by atoms with Crippen molar-refractivity contribution in [3.63, 3.8) is 0 Å². The van der Waals surface area contributed by atoms with Gasteiger partial charge in [0.15, 0.2) is 5.78 Å². The highest BCUT2D eigenvalue weighted by Crippen LogP contribution is 2.31. The van der Waals surface area contributed by atoms with Gasteiger partial charge in [-0.05, 0) is 81.3 Å². The number of aryl methyl sites for hydroxylation is 3. The number of hydrogen-bond donors (Lipinski definition) is 1. The van der Waals surface area contributed by atoms with Gasteiger partial charge in [0.05, 0.1) is 23.3 Å². The highest BCUT2D eigenvalue weighted by molar-refractivity contribution is 5.95. The van der Waals surface area contributed by atoms with E-state index in [0.717, 1.165) is 40.3 Å². The summed E-state index contributed by atoms with van der Waals surface area (Å²) in [5.41, 5.74) is 5.37. The lowest BCUT2D eigenvalue weighted by Gasteiger charge is -2.10. The van der Waals surface area contributed by atoms with Gasteiger partial charge >= 0.3 is 6.18 Å². The first-order valence-electron chi connectivity index (χ1n) is 12.3. The average Bonchev–Trinajstić information content (AvgIpc) is 3.36. The number of imidazole rings is 1. The van der Waals surface area contributed by atoms with Gasteiger partial charge in [-0.15, -0.1) is 0 Å². The van der Waals surface area contributed by atoms with Crippen molar-refractivity contribution < 1.29 is 18.0 Å². The summed E-state index contributed by atoms with van der Waals surface area (Å²) >= 11 is 0. The molecule has 2 aromatic carbocycles. The molecule has 0 aliphatic heterocycles. The third-order valence-corrected chi connectivity index (χ3v) is 5.90. The molecule has 10 heteroatoms. The van der Waals surface area contributed by atoms with Crippen LogP contribution in [0, 0.1) is 20.8 Å². The summed E-state index contributed by atoms with van der Waals surface area (Å²) in [6.07, 6.45) is 4.05. The van der Waals surface area contributed by atoms with Gasteiger partial charge in [0, 0.05) is 47.3 Å². The molecule has 0 atom stereocenters. The molecular weight excluding hydrogens is 517 g/mol. The minimum atomic E-state index is -4.32. The number of ketones is 1. The minimum absolute atomic E-state index is 0.0260. The van der Waals surface area contributed by atoms with Gasteiger partial charge in [-0.3, -0.25) is 9.78 Å². The lowest BCUT2D eigenvalue weighted by Crippen LogP contribution is -2.06. The van der Waals surface area contributed by atoms with Gasteiger partial charge in [0.2, 0.25) is 5.95 Å². The maximum atomic E-state index is 12.6. The van der Waals surface area contributed by atoms with E-state index in [1.807, 2.05) is 43.3 Å². The second kappa shape index (κ2) is 11.9. The zero-order valence-corrected chi connectivity index (χ0v) is 22.4. The predicted molar refractivity (Wildman–Crippen MR) is 148 cm³/mol. The second-order valence-corrected chi connectivity index (χ2v) is 9.20. The maximum Gasteiger partial charge on any atom is 0.416 e. The largest absolute Gasteiger partial charge is 0.416 e. The van der Waals surface area contributed by atoms with Crippen LogP contribution in [0.1, 0.15) is 39.7 Å². The molecule has 40 heavy (non-hydrogen) atoms. The topological polar surface area (TPSA) is 85.6 Å². The Morgan fingerprint density at radius 1 is 0.950 bits per heavy atom. The van der Waals surface area contributed by atoms with Gasteiger partial charge in [-0.1, -0.05) is 12.1 Å². The molecule has 5 rings (SSSR count). The summed E-state index contributed by atoms with van der Waals surface area (Å²) < 4.78 is 39.5. The van der Waals surface area contributed by atoms with Crippen LogP contribution in [0.15, 0.2) is 85.7 Å². The third kappa shape index (κ3) is 7.16. The van der Waals surface area contributed by atoms with E-state index in [9.17, 15) is 18.0 Å². The molecule has 5 aromatic rings. The second-order valence-electron chi connectivity index (χ2n) is 9.20. The first-order valence-corrected chi connectivity index (χ1v) is 12.3. The standard InChI is InChI=1S/C18H16N4O.C12H11F3N2/c1-12-5-6-14(13(2)23)10-17(12)22-18-20-9-7-16(21-18)15-4-3-8-19-11-15;1-8-3-10(12(13,14)15)5-11(4-8)17-6-9(2)16-7-17/h3-11H,1-2H3,(H,20,21,22);3-7H,1-2H3. The quantitative estimate of drug-likeness (QED) is 0.234. The molecule has 0 aliphatic carbocycles. The van der Waals surface area contributed by atoms with Crippen LogP contribution in [0.3, 0.4) is 0 Å². The van der Waals surface area contributed by atoms with Crippen LogP contribution >= 0.6 is 0 Å². The predicted octanol–water partition coefficient (Wildman–Crippen LogP) is 7.30. The molecule has 3 heterocycles. The molecule has 0 fully saturated rings. The molecule has 0 unspecified atom stereocenters. The highest BCUT2D eigenvalue weighted by atomic mass is 19.4. The molecule has 204 valence electrons. The van der Waals surface area contributed by atoms with Crippen molar-refractivity contribution in [1.29, 1.82) is 0 Å². The Hall–Kier alpha value is -4.86. The number of rotatable bonds is 5. The van der Waals surface area contributed by atoms with E-state index in [4.69, 9.17) is 0 Å². The van der Waals surface area contributed by atoms with Gasteiger partial charge in [0.25, 0.3) is 0 Å². The van der Waals surface area contributed by atoms with Crippen LogP contribution in [0.4, 0.5) is 24.8 Å². The molecule has 0 saturated heterocycles. The molecule has 0 bridgehead atoms. The first kappa shape index (κ1) is 28.2. The average molecular weight is 545 g/mol. The van der Waals surface area contributed by atoms with E-state index in [-0.39, 0.29) is 5.78 Å². The Morgan fingerprint density at radius 2 is 1.75 bits per heavy atom. The molecule has 0 radical (unpaired) electrons. The number of halogens is 3. The normalized spacial score (nSPS) is 11.0. The van der Waals surface area contributed by atoms with Crippen LogP contribution < -0.4 is 5.32 Å². The monoisotopic (exact) mass is 544 g/mol. The highest BCUT2D eigenvalue weighted by Gasteiger charge is 2.31. The molecule has 1 N–H and O–H groups in total. The Bertz CT molecular complexity index is 1630. The first-order chi connectivity index (χ1) is 19.0. The van der Waals surface area contributed by atoms with Gasteiger partial charge < -0.3 is 9.88 Å². The van der Waals surface area contributed by atoms with Crippen molar-refractivity contribution >= 4 is 17.4 Å². The van der Waals surface area contributed by atoms with Gasteiger partial charge in [-0.25, -0.2) is 15.0 Å². The lowest BCUT2D eigenvalue weighted by atomic mass is 10.1. The fourth-order valence-electron chi connectivity index (χ4n) is 3.83. The fourth-order valence-corrected chi connectivity index (χ4v) is 3.83. The smallest absolute Gasteiger partial charge is 0.324 e. The lowest BCUT2D eigenvalue weighted by molar-refractivity contribution is -0.137. The number of nitrogens with one attached hydrogen (secondary N) is 1. The van der Waals surface area contributed by atoms with E-state index in [2.05, 4.69) is 25.3 Å². The van der Waals surface area contributed by atoms with Crippen molar-refractivity contribution in [2.45, 2.75) is 33.9 Å². The van der Waals surface area contributed by atoms with E-state index in [1.54, 1.807) is 56.2 Å². The number of carbonyl (C=O) groups is 1. The minimum Gasteiger partial charge on any atom is -0.324 e. The summed E-state index contributed by atoms with van der Waals surface area (Å²) in [6.45, 7) is 6.95. The number of alkyl halides is 3. The van der Waals surface area contributed by atoms with Crippen molar-refractivity contribution in [3.8, 4) is 16.9 Å². The fraction of sp³-hybridized carbons (Fsp3) is 0.167. The van der Waals surface area contributed by atoms with Crippen LogP contribution in [0.5, 0.6) is 0 Å². The van der Waals surface area contributed by atoms with Crippen molar-refractivity contribution in [2.24, 2.45) is 0 Å². The molecule has 0 amide bonds. The van der Waals surface area contributed by atoms with E-state index >= 15 is 0 Å². The SMILES string of the molecule is CC(=O)c1ccc(C)c(Nc2nccc(-c3cccnc3)n2)c1.Cc1cc(-n2cnc(C)c2)cc(C(F)(F)F)c1. The zero-order valence-electron chi connectivity index (χ0n) is 22.4.